The first-order valence-electron chi connectivity index (χ1n) is 8.25. The Hall–Kier alpha value is -3.56. The lowest BCUT2D eigenvalue weighted by Gasteiger charge is -2.02. The van der Waals surface area contributed by atoms with Crippen LogP contribution in [0.4, 0.5) is 10.6 Å². The second-order valence-corrected chi connectivity index (χ2v) is 5.39. The predicted octanol–water partition coefficient (Wildman–Crippen LogP) is 3.05. The molecule has 3 aromatic heterocycles. The minimum absolute atomic E-state index is 0.0428. The van der Waals surface area contributed by atoms with E-state index < -0.39 is 18.0 Å². The van der Waals surface area contributed by atoms with Crippen molar-refractivity contribution in [3.05, 3.63) is 36.0 Å². The first kappa shape index (κ1) is 18.2. The molecule has 0 aliphatic rings. The topological polar surface area (TPSA) is 126 Å². The number of carbonyl (C=O) groups excluding carboxylic acids is 3. The third-order valence-electron chi connectivity index (χ3n) is 3.45. The third kappa shape index (κ3) is 3.68. The Morgan fingerprint density at radius 2 is 2.07 bits per heavy atom. The van der Waals surface area contributed by atoms with Crippen molar-refractivity contribution < 1.29 is 32.7 Å². The number of hydrogen-bond acceptors (Lipinski definition) is 8. The molecule has 0 saturated heterocycles. The predicted molar refractivity (Wildman–Crippen MR) is 91.7 cm³/mol. The van der Waals surface area contributed by atoms with Crippen molar-refractivity contribution in [2.24, 2.45) is 0 Å². The lowest BCUT2D eigenvalue weighted by atomic mass is 10.3. The molecule has 0 aliphatic carbocycles. The Labute approximate surface area is 153 Å². The number of carbonyl (C=O) groups is 3. The van der Waals surface area contributed by atoms with Crippen LogP contribution in [0.25, 0.3) is 11.1 Å². The summed E-state index contributed by atoms with van der Waals surface area (Å²) in [5, 5.41) is 6.53. The number of anilines is 1. The molecule has 3 aromatic rings. The van der Waals surface area contributed by atoms with Gasteiger partial charge >= 0.3 is 12.1 Å². The molecule has 3 heterocycles. The maximum Gasteiger partial charge on any atom is 0.435 e. The number of ether oxygens (including phenoxy) is 2. The Morgan fingerprint density at radius 1 is 1.26 bits per heavy atom. The molecule has 10 heteroatoms. The van der Waals surface area contributed by atoms with E-state index in [-0.39, 0.29) is 41.5 Å². The average Bonchev–Trinajstić information content (AvgIpc) is 3.37. The van der Waals surface area contributed by atoms with E-state index in [4.69, 9.17) is 18.3 Å². The van der Waals surface area contributed by atoms with Crippen LogP contribution in [0.15, 0.2) is 33.5 Å². The zero-order valence-electron chi connectivity index (χ0n) is 14.7. The Kier molecular flexibility index (Phi) is 5.25. The first-order chi connectivity index (χ1) is 13.0. The molecule has 1 N–H and O–H groups in total. The number of esters is 1. The summed E-state index contributed by atoms with van der Waals surface area (Å²) in [6.45, 7) is 3.85. The van der Waals surface area contributed by atoms with Crippen molar-refractivity contribution in [2.75, 3.05) is 18.5 Å². The van der Waals surface area contributed by atoms with E-state index in [1.165, 1.54) is 24.7 Å². The van der Waals surface area contributed by atoms with Gasteiger partial charge in [-0.2, -0.15) is 4.68 Å². The molecule has 0 fully saturated rings. The zero-order chi connectivity index (χ0) is 19.4. The van der Waals surface area contributed by atoms with Crippen LogP contribution in [0.1, 0.15) is 41.2 Å². The van der Waals surface area contributed by atoms with Crippen LogP contribution in [-0.2, 0) is 9.47 Å². The summed E-state index contributed by atoms with van der Waals surface area (Å²) < 4.78 is 21.2. The molecule has 0 radical (unpaired) electrons. The molecule has 1 amide bonds. The van der Waals surface area contributed by atoms with E-state index in [1.807, 2.05) is 6.92 Å². The summed E-state index contributed by atoms with van der Waals surface area (Å²) in [5.41, 5.74) is 0.464. The number of amides is 1. The Morgan fingerprint density at radius 3 is 2.74 bits per heavy atom. The van der Waals surface area contributed by atoms with Crippen LogP contribution in [0.2, 0.25) is 0 Å². The van der Waals surface area contributed by atoms with Gasteiger partial charge in [0.15, 0.2) is 11.4 Å². The van der Waals surface area contributed by atoms with E-state index in [2.05, 4.69) is 10.4 Å². The van der Waals surface area contributed by atoms with E-state index in [0.29, 0.717) is 6.42 Å². The largest absolute Gasteiger partial charge is 0.472 e. The fourth-order valence-corrected chi connectivity index (χ4v) is 2.25. The minimum atomic E-state index is -0.777. The summed E-state index contributed by atoms with van der Waals surface area (Å²) in [4.78, 5) is 36.4. The van der Waals surface area contributed by atoms with E-state index in [9.17, 15) is 14.4 Å². The summed E-state index contributed by atoms with van der Waals surface area (Å²) in [7, 11) is 0. The molecular formula is C17H17N3O7. The summed E-state index contributed by atoms with van der Waals surface area (Å²) >= 11 is 0. The maximum atomic E-state index is 12.2. The van der Waals surface area contributed by atoms with Gasteiger partial charge in [-0.3, -0.25) is 4.79 Å². The van der Waals surface area contributed by atoms with Crippen LogP contribution >= 0.6 is 0 Å². The van der Waals surface area contributed by atoms with Gasteiger partial charge in [0, 0.05) is 6.07 Å². The highest BCUT2D eigenvalue weighted by Crippen LogP contribution is 2.28. The highest BCUT2D eigenvalue weighted by atomic mass is 16.6. The zero-order valence-corrected chi connectivity index (χ0v) is 14.7. The van der Waals surface area contributed by atoms with Crippen LogP contribution in [0.5, 0.6) is 0 Å². The number of nitrogens with one attached hydrogen (secondary N) is 1. The number of hydrogen-bond donors (Lipinski definition) is 1. The van der Waals surface area contributed by atoms with Gasteiger partial charge in [0.2, 0.25) is 5.76 Å². The minimum Gasteiger partial charge on any atom is -0.472 e. The standard InChI is InChI=1S/C17H17N3O7/c1-3-6-26-16(22)12-8-11-13(27-12)14(19-20(11)17(23)25-4-2)18-15(21)10-5-7-24-9-10/h5,7-9H,3-4,6H2,1-2H3,(H,18,19,21). The van der Waals surface area contributed by atoms with Gasteiger partial charge in [-0.25, -0.2) is 9.59 Å². The molecule has 0 saturated carbocycles. The maximum absolute atomic E-state index is 12.2. The lowest BCUT2D eigenvalue weighted by molar-refractivity contribution is 0.0471. The molecule has 0 atom stereocenters. The monoisotopic (exact) mass is 375 g/mol. The molecule has 142 valence electrons. The first-order valence-corrected chi connectivity index (χ1v) is 8.25. The van der Waals surface area contributed by atoms with Crippen molar-refractivity contribution in [3.8, 4) is 0 Å². The molecule has 10 nitrogen and oxygen atoms in total. The molecule has 0 aromatic carbocycles. The highest BCUT2D eigenvalue weighted by molar-refractivity contribution is 6.08. The summed E-state index contributed by atoms with van der Waals surface area (Å²) in [6.07, 6.45) is 2.47. The van der Waals surface area contributed by atoms with Gasteiger partial charge in [0.25, 0.3) is 5.91 Å². The number of aromatic nitrogens is 2. The second-order valence-electron chi connectivity index (χ2n) is 5.39. The Bertz CT molecular complexity index is 968. The number of furan rings is 2. The van der Waals surface area contributed by atoms with E-state index >= 15 is 0 Å². The molecular weight excluding hydrogens is 358 g/mol. The quantitative estimate of drug-likeness (QED) is 0.652. The van der Waals surface area contributed by atoms with Crippen molar-refractivity contribution in [1.29, 1.82) is 0 Å². The number of nitrogens with zero attached hydrogens (tertiary/aromatic N) is 2. The number of rotatable bonds is 6. The van der Waals surface area contributed by atoms with Gasteiger partial charge < -0.3 is 23.6 Å². The second kappa shape index (κ2) is 7.77. The van der Waals surface area contributed by atoms with Gasteiger partial charge in [0.1, 0.15) is 11.8 Å². The van der Waals surface area contributed by atoms with E-state index in [1.54, 1.807) is 6.92 Å². The van der Waals surface area contributed by atoms with Crippen LogP contribution < -0.4 is 5.32 Å². The van der Waals surface area contributed by atoms with Gasteiger partial charge in [-0.05, 0) is 19.4 Å². The smallest absolute Gasteiger partial charge is 0.435 e. The van der Waals surface area contributed by atoms with Crippen LogP contribution in [0, 0.1) is 0 Å². The molecule has 0 aliphatic heterocycles. The normalized spacial score (nSPS) is 10.7. The third-order valence-corrected chi connectivity index (χ3v) is 3.45. The lowest BCUT2D eigenvalue weighted by Crippen LogP contribution is -2.16. The van der Waals surface area contributed by atoms with Crippen molar-refractivity contribution >= 4 is 34.9 Å². The van der Waals surface area contributed by atoms with Gasteiger partial charge in [0.05, 0.1) is 25.0 Å². The molecule has 0 unspecified atom stereocenters. The van der Waals surface area contributed by atoms with Gasteiger partial charge in [-0.1, -0.05) is 6.92 Å². The van der Waals surface area contributed by atoms with Crippen molar-refractivity contribution in [1.82, 2.24) is 9.78 Å². The van der Waals surface area contributed by atoms with Crippen molar-refractivity contribution in [2.45, 2.75) is 20.3 Å². The van der Waals surface area contributed by atoms with Crippen LogP contribution in [-0.4, -0.2) is 41.0 Å². The average molecular weight is 375 g/mol. The Balaban J connectivity index is 1.98. The highest BCUT2D eigenvalue weighted by Gasteiger charge is 2.25. The van der Waals surface area contributed by atoms with E-state index in [0.717, 1.165) is 4.68 Å². The molecule has 0 spiro atoms. The van der Waals surface area contributed by atoms with Crippen LogP contribution in [0.3, 0.4) is 0 Å². The number of fused-ring (bicyclic) bond motifs is 1. The van der Waals surface area contributed by atoms with Gasteiger partial charge in [-0.15, -0.1) is 5.10 Å². The fourth-order valence-electron chi connectivity index (χ4n) is 2.25. The SMILES string of the molecule is CCCOC(=O)c1cc2c(o1)c(NC(=O)c1ccoc1)nn2C(=O)OCC. The van der Waals surface area contributed by atoms with Crippen molar-refractivity contribution in [3.63, 3.8) is 0 Å². The summed E-state index contributed by atoms with van der Waals surface area (Å²) in [6, 6.07) is 2.77. The molecule has 3 rings (SSSR count). The fraction of sp³-hybridized carbons (Fsp3) is 0.294. The molecule has 0 bridgehead atoms. The molecule has 27 heavy (non-hydrogen) atoms. The summed E-state index contributed by atoms with van der Waals surface area (Å²) in [5.74, 6) is -1.37.